The van der Waals surface area contributed by atoms with E-state index in [0.29, 0.717) is 23.4 Å². The van der Waals surface area contributed by atoms with E-state index < -0.39 is 9.84 Å². The Labute approximate surface area is 185 Å². The maximum absolute atomic E-state index is 11.6. The molecule has 0 radical (unpaired) electrons. The standard InChI is InChI=1S/C19H25N7O3S2/c1-12(2)16-21-18(29-23-16)26-9-7-14(8-10-26)25(3)19-22-17(24-30-19)13-5-6-15(20-11-13)31(4,27)28/h5-6,11-12,14H,7-10H2,1-4H3. The van der Waals surface area contributed by atoms with Gasteiger partial charge in [-0.15, -0.1) is 0 Å². The molecule has 1 fully saturated rings. The summed E-state index contributed by atoms with van der Waals surface area (Å²) in [6.45, 7) is 5.75. The van der Waals surface area contributed by atoms with Gasteiger partial charge in [-0.25, -0.2) is 13.4 Å². The summed E-state index contributed by atoms with van der Waals surface area (Å²) >= 11 is 1.32. The lowest BCUT2D eigenvalue weighted by Crippen LogP contribution is -2.43. The Morgan fingerprint density at radius 3 is 2.55 bits per heavy atom. The van der Waals surface area contributed by atoms with E-state index in [4.69, 9.17) is 4.52 Å². The molecular formula is C19H25N7O3S2. The first kappa shape index (κ1) is 21.6. The van der Waals surface area contributed by atoms with Gasteiger partial charge in [0.05, 0.1) is 0 Å². The highest BCUT2D eigenvalue weighted by atomic mass is 32.2. The van der Waals surface area contributed by atoms with Crippen LogP contribution in [-0.2, 0) is 9.84 Å². The number of hydrogen-bond acceptors (Lipinski definition) is 11. The van der Waals surface area contributed by atoms with Crippen LogP contribution in [0.1, 0.15) is 38.4 Å². The second kappa shape index (κ2) is 8.50. The molecule has 4 rings (SSSR count). The molecule has 0 atom stereocenters. The van der Waals surface area contributed by atoms with Crippen molar-refractivity contribution in [1.29, 1.82) is 0 Å². The van der Waals surface area contributed by atoms with E-state index in [9.17, 15) is 8.42 Å². The van der Waals surface area contributed by atoms with Gasteiger partial charge >= 0.3 is 6.01 Å². The molecule has 0 aromatic carbocycles. The Morgan fingerprint density at radius 2 is 1.97 bits per heavy atom. The molecule has 3 aromatic rings. The van der Waals surface area contributed by atoms with E-state index in [0.717, 1.165) is 43.1 Å². The minimum absolute atomic E-state index is 0.0392. The second-order valence-electron chi connectivity index (χ2n) is 7.98. The Hall–Kier alpha value is -2.60. The molecule has 0 spiro atoms. The van der Waals surface area contributed by atoms with Crippen molar-refractivity contribution in [2.24, 2.45) is 0 Å². The van der Waals surface area contributed by atoms with Crippen molar-refractivity contribution in [3.63, 3.8) is 0 Å². The summed E-state index contributed by atoms with van der Waals surface area (Å²) in [7, 11) is -1.30. The third-order valence-corrected chi connectivity index (χ3v) is 7.13. The van der Waals surface area contributed by atoms with E-state index in [2.05, 4.69) is 34.3 Å². The van der Waals surface area contributed by atoms with Gasteiger partial charge in [-0.3, -0.25) is 0 Å². The van der Waals surface area contributed by atoms with Gasteiger partial charge in [-0.05, 0) is 25.0 Å². The van der Waals surface area contributed by atoms with Crippen molar-refractivity contribution in [3.8, 4) is 11.4 Å². The van der Waals surface area contributed by atoms with Crippen molar-refractivity contribution in [2.45, 2.75) is 43.7 Å². The van der Waals surface area contributed by atoms with Gasteiger partial charge in [0.1, 0.15) is 0 Å². The molecule has 0 aliphatic carbocycles. The van der Waals surface area contributed by atoms with Gasteiger partial charge in [-0.1, -0.05) is 19.0 Å². The van der Waals surface area contributed by atoms with E-state index in [1.54, 1.807) is 6.07 Å². The number of aromatic nitrogens is 5. The molecule has 31 heavy (non-hydrogen) atoms. The highest BCUT2D eigenvalue weighted by molar-refractivity contribution is 7.90. The van der Waals surface area contributed by atoms with Crippen LogP contribution in [0.5, 0.6) is 0 Å². The first-order valence-electron chi connectivity index (χ1n) is 10.0. The zero-order valence-corrected chi connectivity index (χ0v) is 19.5. The van der Waals surface area contributed by atoms with E-state index in [-0.39, 0.29) is 10.9 Å². The van der Waals surface area contributed by atoms with Crippen LogP contribution in [0.4, 0.5) is 11.1 Å². The average Bonchev–Trinajstić information content (AvgIpc) is 3.43. The highest BCUT2D eigenvalue weighted by Crippen LogP contribution is 2.28. The van der Waals surface area contributed by atoms with Crippen molar-refractivity contribution in [3.05, 3.63) is 24.2 Å². The Kier molecular flexibility index (Phi) is 5.93. The molecule has 0 amide bonds. The predicted molar refractivity (Wildman–Crippen MR) is 118 cm³/mol. The minimum Gasteiger partial charge on any atom is -0.347 e. The lowest BCUT2D eigenvalue weighted by Gasteiger charge is -2.35. The van der Waals surface area contributed by atoms with Crippen LogP contribution in [0, 0.1) is 0 Å². The van der Waals surface area contributed by atoms with Gasteiger partial charge < -0.3 is 14.3 Å². The summed E-state index contributed by atoms with van der Waals surface area (Å²) in [6, 6.07) is 4.08. The summed E-state index contributed by atoms with van der Waals surface area (Å²) in [5.74, 6) is 1.52. The third kappa shape index (κ3) is 4.69. The number of rotatable bonds is 6. The van der Waals surface area contributed by atoms with Crippen LogP contribution < -0.4 is 9.80 Å². The van der Waals surface area contributed by atoms with Crippen LogP contribution in [0.3, 0.4) is 0 Å². The zero-order valence-electron chi connectivity index (χ0n) is 17.9. The third-order valence-electron chi connectivity index (χ3n) is 5.32. The molecule has 1 aliphatic rings. The van der Waals surface area contributed by atoms with Crippen LogP contribution in [0.25, 0.3) is 11.4 Å². The molecule has 3 aromatic heterocycles. The second-order valence-corrected chi connectivity index (χ2v) is 10.7. The minimum atomic E-state index is -3.33. The molecule has 0 N–H and O–H groups in total. The number of sulfone groups is 1. The summed E-state index contributed by atoms with van der Waals surface area (Å²) in [5, 5.41) is 4.91. The highest BCUT2D eigenvalue weighted by Gasteiger charge is 2.27. The van der Waals surface area contributed by atoms with Gasteiger partial charge in [0, 0.05) is 61.6 Å². The summed E-state index contributed by atoms with van der Waals surface area (Å²) in [4.78, 5) is 17.4. The molecular weight excluding hydrogens is 438 g/mol. The van der Waals surface area contributed by atoms with Gasteiger partial charge in [0.25, 0.3) is 0 Å². The molecule has 4 heterocycles. The molecule has 0 unspecified atom stereocenters. The van der Waals surface area contributed by atoms with E-state index in [1.165, 1.54) is 23.8 Å². The summed E-state index contributed by atoms with van der Waals surface area (Å²) in [5.41, 5.74) is 0.690. The average molecular weight is 464 g/mol. The number of nitrogens with zero attached hydrogens (tertiary/aromatic N) is 7. The SMILES string of the molecule is CC(C)c1noc(N2CCC(N(C)c3nc(-c4ccc(S(C)(=O)=O)nc4)ns3)CC2)n1. The number of pyridine rings is 1. The van der Waals surface area contributed by atoms with Crippen molar-refractivity contribution in [2.75, 3.05) is 36.2 Å². The topological polar surface area (TPSA) is 118 Å². The molecule has 10 nitrogen and oxygen atoms in total. The molecule has 0 bridgehead atoms. The summed E-state index contributed by atoms with van der Waals surface area (Å²) < 4.78 is 33.0. The van der Waals surface area contributed by atoms with E-state index >= 15 is 0 Å². The van der Waals surface area contributed by atoms with Crippen LogP contribution in [-0.4, -0.2) is 65.3 Å². The number of piperidine rings is 1. The normalized spacial score (nSPS) is 15.6. The fraction of sp³-hybridized carbons (Fsp3) is 0.526. The van der Waals surface area contributed by atoms with Crippen molar-refractivity contribution < 1.29 is 12.9 Å². The predicted octanol–water partition coefficient (Wildman–Crippen LogP) is 2.62. The number of hydrogen-bond donors (Lipinski definition) is 0. The Balaban J connectivity index is 1.39. The maximum Gasteiger partial charge on any atom is 0.324 e. The van der Waals surface area contributed by atoms with Gasteiger partial charge in [0.2, 0.25) is 5.13 Å². The first-order chi connectivity index (χ1) is 14.7. The van der Waals surface area contributed by atoms with Gasteiger partial charge in [0.15, 0.2) is 26.5 Å². The lowest BCUT2D eigenvalue weighted by atomic mass is 10.0. The fourth-order valence-electron chi connectivity index (χ4n) is 3.40. The maximum atomic E-state index is 11.6. The smallest absolute Gasteiger partial charge is 0.324 e. The molecule has 12 heteroatoms. The molecule has 166 valence electrons. The lowest BCUT2D eigenvalue weighted by molar-refractivity contribution is 0.385. The van der Waals surface area contributed by atoms with E-state index in [1.807, 2.05) is 20.9 Å². The summed E-state index contributed by atoms with van der Waals surface area (Å²) in [6.07, 6.45) is 4.51. The van der Waals surface area contributed by atoms with Crippen molar-refractivity contribution in [1.82, 2.24) is 24.5 Å². The molecule has 1 aliphatic heterocycles. The van der Waals surface area contributed by atoms with Crippen LogP contribution >= 0.6 is 11.5 Å². The van der Waals surface area contributed by atoms with Crippen LogP contribution in [0.15, 0.2) is 27.9 Å². The monoisotopic (exact) mass is 463 g/mol. The fourth-order valence-corrected chi connectivity index (χ4v) is 4.68. The largest absolute Gasteiger partial charge is 0.347 e. The molecule has 1 saturated heterocycles. The van der Waals surface area contributed by atoms with Gasteiger partial charge in [-0.2, -0.15) is 14.3 Å². The Bertz CT molecular complexity index is 1130. The zero-order chi connectivity index (χ0) is 22.2. The molecule has 0 saturated carbocycles. The number of anilines is 2. The van der Waals surface area contributed by atoms with Crippen LogP contribution in [0.2, 0.25) is 0 Å². The van der Waals surface area contributed by atoms with Crippen molar-refractivity contribution >= 4 is 32.5 Å². The first-order valence-corrected chi connectivity index (χ1v) is 12.7. The Morgan fingerprint density at radius 1 is 1.23 bits per heavy atom. The quantitative estimate of drug-likeness (QED) is 0.539.